The van der Waals surface area contributed by atoms with Gasteiger partial charge in [0.05, 0.1) is 12.2 Å². The molecule has 94 valence electrons. The molecule has 6 nitrogen and oxygen atoms in total. The lowest BCUT2D eigenvalue weighted by Crippen LogP contribution is -2.33. The Kier molecular flexibility index (Phi) is 3.69. The van der Waals surface area contributed by atoms with Gasteiger partial charge < -0.3 is 9.84 Å². The van der Waals surface area contributed by atoms with Gasteiger partial charge in [-0.25, -0.2) is 4.79 Å². The minimum absolute atomic E-state index is 0.264. The summed E-state index contributed by atoms with van der Waals surface area (Å²) in [5.74, 6) is 0. The fourth-order valence-electron chi connectivity index (χ4n) is 1.82. The van der Waals surface area contributed by atoms with Gasteiger partial charge in [0.15, 0.2) is 0 Å². The van der Waals surface area contributed by atoms with Crippen molar-refractivity contribution in [3.63, 3.8) is 0 Å². The van der Waals surface area contributed by atoms with Gasteiger partial charge >= 0.3 is 5.69 Å². The van der Waals surface area contributed by atoms with Crippen LogP contribution in [0.2, 0.25) is 0 Å². The molecule has 2 heterocycles. The number of aryl methyl sites for hydroxylation is 1. The molecule has 3 atom stereocenters. The number of aromatic amines is 1. The van der Waals surface area contributed by atoms with Crippen molar-refractivity contribution in [2.24, 2.45) is 0 Å². The number of alkyl halides is 1. The van der Waals surface area contributed by atoms with Gasteiger partial charge in [-0.3, -0.25) is 14.3 Å². The number of aliphatic hydroxyl groups is 1. The predicted octanol–water partition coefficient (Wildman–Crippen LogP) is -0.0716. The van der Waals surface area contributed by atoms with Gasteiger partial charge in [0.1, 0.15) is 6.23 Å². The number of H-pyrrole nitrogens is 1. The van der Waals surface area contributed by atoms with Crippen LogP contribution in [-0.2, 0) is 4.74 Å². The molecular formula is C10H13IN2O4. The summed E-state index contributed by atoms with van der Waals surface area (Å²) in [7, 11) is 0. The molecule has 0 spiro atoms. The molecule has 1 saturated heterocycles. The molecule has 0 saturated carbocycles. The zero-order valence-electron chi connectivity index (χ0n) is 9.22. The van der Waals surface area contributed by atoms with Crippen LogP contribution in [0.15, 0.2) is 15.8 Å². The fraction of sp³-hybridized carbons (Fsp3) is 0.600. The lowest BCUT2D eigenvalue weighted by Gasteiger charge is -2.14. The van der Waals surface area contributed by atoms with E-state index in [1.54, 1.807) is 6.92 Å². The van der Waals surface area contributed by atoms with Crippen LogP contribution in [0.4, 0.5) is 0 Å². The van der Waals surface area contributed by atoms with E-state index in [1.165, 1.54) is 10.8 Å². The Morgan fingerprint density at radius 3 is 2.94 bits per heavy atom. The highest BCUT2D eigenvalue weighted by atomic mass is 127. The standard InChI is InChI=1S/C10H13IN2O4/c1-5-4-13(10(16)12-9(5)15)8-2-6(14)7(3-11)17-8/h4,6-8,14H,2-3H2,1H3,(H,12,15,16)/t6-,7-,8-/m1/s1. The number of nitrogens with zero attached hydrogens (tertiary/aromatic N) is 1. The van der Waals surface area contributed by atoms with Crippen molar-refractivity contribution in [2.75, 3.05) is 4.43 Å². The van der Waals surface area contributed by atoms with E-state index in [1.807, 2.05) is 0 Å². The second kappa shape index (κ2) is 4.91. The number of aromatic nitrogens is 2. The molecule has 2 N–H and O–H groups in total. The summed E-state index contributed by atoms with van der Waals surface area (Å²) in [6.07, 6.45) is 0.483. The van der Waals surface area contributed by atoms with Crippen LogP contribution in [-0.4, -0.2) is 31.3 Å². The number of aliphatic hydroxyl groups excluding tert-OH is 1. The maximum Gasteiger partial charge on any atom is 0.330 e. The lowest BCUT2D eigenvalue weighted by atomic mass is 10.2. The smallest absolute Gasteiger partial charge is 0.330 e. The molecule has 1 aromatic heterocycles. The first-order valence-corrected chi connectivity index (χ1v) is 6.77. The van der Waals surface area contributed by atoms with E-state index < -0.39 is 23.6 Å². The van der Waals surface area contributed by atoms with Gasteiger partial charge in [-0.05, 0) is 6.92 Å². The molecule has 1 aromatic rings. The third kappa shape index (κ3) is 2.45. The molecule has 0 radical (unpaired) electrons. The quantitative estimate of drug-likeness (QED) is 0.577. The van der Waals surface area contributed by atoms with Crippen LogP contribution in [0.3, 0.4) is 0 Å². The van der Waals surface area contributed by atoms with Gasteiger partial charge in [0.25, 0.3) is 5.56 Å². The first kappa shape index (κ1) is 12.8. The summed E-state index contributed by atoms with van der Waals surface area (Å²) < 4.78 is 7.55. The van der Waals surface area contributed by atoms with Gasteiger partial charge in [-0.2, -0.15) is 0 Å². The Balaban J connectivity index is 2.34. The zero-order chi connectivity index (χ0) is 12.6. The largest absolute Gasteiger partial charge is 0.390 e. The van der Waals surface area contributed by atoms with Crippen molar-refractivity contribution in [3.05, 3.63) is 32.6 Å². The molecule has 1 aliphatic heterocycles. The number of halogens is 1. The Bertz CT molecular complexity index is 524. The van der Waals surface area contributed by atoms with Crippen molar-refractivity contribution in [3.8, 4) is 0 Å². The van der Waals surface area contributed by atoms with Gasteiger partial charge in [-0.1, -0.05) is 22.6 Å². The van der Waals surface area contributed by atoms with E-state index in [2.05, 4.69) is 27.6 Å². The molecule has 2 rings (SSSR count). The fourth-order valence-corrected chi connectivity index (χ4v) is 2.62. The minimum atomic E-state index is -0.573. The molecule has 1 fully saturated rings. The highest BCUT2D eigenvalue weighted by Crippen LogP contribution is 2.28. The summed E-state index contributed by atoms with van der Waals surface area (Å²) in [4.78, 5) is 25.1. The lowest BCUT2D eigenvalue weighted by molar-refractivity contribution is -0.00618. The molecule has 0 unspecified atom stereocenters. The number of hydrogen-bond acceptors (Lipinski definition) is 4. The third-order valence-electron chi connectivity index (χ3n) is 2.81. The SMILES string of the molecule is Cc1cn([C@H]2C[C@@H](O)[C@@H](CI)O2)c(=O)[nH]c1=O. The average Bonchev–Trinajstić information content (AvgIpc) is 2.65. The molecule has 17 heavy (non-hydrogen) atoms. The van der Waals surface area contributed by atoms with E-state index in [-0.39, 0.29) is 6.10 Å². The summed E-state index contributed by atoms with van der Waals surface area (Å²) in [6, 6.07) is 0. The highest BCUT2D eigenvalue weighted by molar-refractivity contribution is 14.1. The summed E-state index contributed by atoms with van der Waals surface area (Å²) in [6.45, 7) is 1.62. The van der Waals surface area contributed by atoms with Crippen molar-refractivity contribution in [2.45, 2.75) is 31.8 Å². The first-order valence-electron chi connectivity index (χ1n) is 5.24. The van der Waals surface area contributed by atoms with E-state index in [0.29, 0.717) is 16.4 Å². The average molecular weight is 352 g/mol. The Morgan fingerprint density at radius 1 is 1.65 bits per heavy atom. The maximum absolute atomic E-state index is 11.6. The normalized spacial score (nSPS) is 28.5. The van der Waals surface area contributed by atoms with Crippen LogP contribution in [0.1, 0.15) is 18.2 Å². The van der Waals surface area contributed by atoms with Crippen LogP contribution >= 0.6 is 22.6 Å². The molecule has 0 aromatic carbocycles. The Hall–Kier alpha value is -0.670. The van der Waals surface area contributed by atoms with Crippen molar-refractivity contribution in [1.29, 1.82) is 0 Å². The first-order chi connectivity index (χ1) is 8.02. The summed E-state index contributed by atoms with van der Waals surface area (Å²) >= 11 is 2.12. The minimum Gasteiger partial charge on any atom is -0.390 e. The Morgan fingerprint density at radius 2 is 2.35 bits per heavy atom. The van der Waals surface area contributed by atoms with E-state index in [4.69, 9.17) is 4.74 Å². The van der Waals surface area contributed by atoms with Crippen molar-refractivity contribution < 1.29 is 9.84 Å². The Labute approximate surface area is 111 Å². The molecule has 1 aliphatic rings. The third-order valence-corrected chi connectivity index (χ3v) is 3.68. The van der Waals surface area contributed by atoms with E-state index in [9.17, 15) is 14.7 Å². The molecular weight excluding hydrogens is 339 g/mol. The van der Waals surface area contributed by atoms with Crippen LogP contribution < -0.4 is 11.2 Å². The molecule has 0 aliphatic carbocycles. The van der Waals surface area contributed by atoms with Crippen molar-refractivity contribution in [1.82, 2.24) is 9.55 Å². The van der Waals surface area contributed by atoms with Gasteiger partial charge in [-0.15, -0.1) is 0 Å². The van der Waals surface area contributed by atoms with E-state index >= 15 is 0 Å². The molecule has 0 bridgehead atoms. The summed E-state index contributed by atoms with van der Waals surface area (Å²) in [5, 5.41) is 9.72. The molecule has 0 amide bonds. The van der Waals surface area contributed by atoms with Gasteiger partial charge in [0, 0.05) is 22.6 Å². The van der Waals surface area contributed by atoms with E-state index in [0.717, 1.165) is 0 Å². The number of nitrogens with one attached hydrogen (secondary N) is 1. The maximum atomic E-state index is 11.6. The van der Waals surface area contributed by atoms with Crippen LogP contribution in [0.25, 0.3) is 0 Å². The topological polar surface area (TPSA) is 84.3 Å². The zero-order valence-corrected chi connectivity index (χ0v) is 11.4. The second-order valence-electron chi connectivity index (χ2n) is 4.07. The van der Waals surface area contributed by atoms with Crippen LogP contribution in [0, 0.1) is 6.92 Å². The predicted molar refractivity (Wildman–Crippen MR) is 69.5 cm³/mol. The number of hydrogen-bond donors (Lipinski definition) is 2. The van der Waals surface area contributed by atoms with Gasteiger partial charge in [0.2, 0.25) is 0 Å². The summed E-state index contributed by atoms with van der Waals surface area (Å²) in [5.41, 5.74) is -0.456. The number of ether oxygens (including phenoxy) is 1. The van der Waals surface area contributed by atoms with Crippen molar-refractivity contribution >= 4 is 22.6 Å². The monoisotopic (exact) mass is 352 g/mol. The molecule has 7 heteroatoms. The second-order valence-corrected chi connectivity index (χ2v) is 4.95. The highest BCUT2D eigenvalue weighted by Gasteiger charge is 2.34. The number of rotatable bonds is 2. The van der Waals surface area contributed by atoms with Crippen LogP contribution in [0.5, 0.6) is 0 Å².